The lowest BCUT2D eigenvalue weighted by Gasteiger charge is -2.11. The molecule has 146 valence electrons. The minimum atomic E-state index is -0.116. The van der Waals surface area contributed by atoms with E-state index < -0.39 is 0 Å². The summed E-state index contributed by atoms with van der Waals surface area (Å²) in [6, 6.07) is 16.2. The smallest absolute Gasteiger partial charge is 0.246 e. The lowest BCUT2D eigenvalue weighted by molar-refractivity contribution is -0.117. The van der Waals surface area contributed by atoms with Crippen LogP contribution >= 0.6 is 0 Å². The van der Waals surface area contributed by atoms with Crippen molar-refractivity contribution in [3.05, 3.63) is 72.1 Å². The Labute approximate surface area is 166 Å². The molecule has 5 heteroatoms. The Morgan fingerprint density at radius 3 is 2.82 bits per heavy atom. The third kappa shape index (κ3) is 5.00. The van der Waals surface area contributed by atoms with Gasteiger partial charge in [-0.1, -0.05) is 30.8 Å². The first-order valence-electron chi connectivity index (χ1n) is 9.62. The van der Waals surface area contributed by atoms with Gasteiger partial charge in [0.25, 0.3) is 0 Å². The first kappa shape index (κ1) is 19.7. The molecule has 0 fully saturated rings. The zero-order chi connectivity index (χ0) is 19.9. The van der Waals surface area contributed by atoms with Crippen molar-refractivity contribution in [2.45, 2.75) is 33.2 Å². The van der Waals surface area contributed by atoms with Gasteiger partial charge in [0.1, 0.15) is 11.6 Å². The predicted octanol–water partition coefficient (Wildman–Crippen LogP) is 4.05. The topological polar surface area (TPSA) is 56.2 Å². The predicted molar refractivity (Wildman–Crippen MR) is 113 cm³/mol. The van der Waals surface area contributed by atoms with Crippen LogP contribution in [0.4, 0.5) is 0 Å². The van der Waals surface area contributed by atoms with Gasteiger partial charge in [0.05, 0.1) is 17.6 Å². The highest BCUT2D eigenvalue weighted by molar-refractivity contribution is 5.92. The molecule has 3 aromatic rings. The molecule has 5 nitrogen and oxygen atoms in total. The molecule has 0 spiro atoms. The van der Waals surface area contributed by atoms with Gasteiger partial charge in [0.15, 0.2) is 0 Å². The molecule has 1 amide bonds. The summed E-state index contributed by atoms with van der Waals surface area (Å²) in [5, 5.41) is 2.88. The van der Waals surface area contributed by atoms with Gasteiger partial charge in [-0.3, -0.25) is 4.79 Å². The van der Waals surface area contributed by atoms with Crippen LogP contribution in [0.5, 0.6) is 5.75 Å². The number of para-hydroxylation sites is 2. The first-order chi connectivity index (χ1) is 13.5. The van der Waals surface area contributed by atoms with Gasteiger partial charge in [0.2, 0.25) is 5.91 Å². The largest absolute Gasteiger partial charge is 0.494 e. The number of imidazole rings is 1. The van der Waals surface area contributed by atoms with Gasteiger partial charge in [-0.25, -0.2) is 4.98 Å². The van der Waals surface area contributed by atoms with E-state index in [1.165, 1.54) is 5.56 Å². The summed E-state index contributed by atoms with van der Waals surface area (Å²) in [7, 11) is 0. The molecule has 3 rings (SSSR count). The lowest BCUT2D eigenvalue weighted by Crippen LogP contribution is -2.26. The summed E-state index contributed by atoms with van der Waals surface area (Å²) in [6.45, 7) is 9.43. The summed E-state index contributed by atoms with van der Waals surface area (Å²) in [5.41, 5.74) is 3.79. The number of nitrogens with zero attached hydrogens (tertiary/aromatic N) is 2. The third-order valence-corrected chi connectivity index (χ3v) is 4.54. The van der Waals surface area contributed by atoms with Crippen molar-refractivity contribution >= 4 is 16.9 Å². The third-order valence-electron chi connectivity index (χ3n) is 4.54. The Bertz CT molecular complexity index is 975. The summed E-state index contributed by atoms with van der Waals surface area (Å²) in [4.78, 5) is 16.5. The maximum Gasteiger partial charge on any atom is 0.246 e. The Morgan fingerprint density at radius 1 is 1.21 bits per heavy atom. The number of ether oxygens (including phenoxy) is 1. The Hall–Kier alpha value is -3.08. The van der Waals surface area contributed by atoms with E-state index in [2.05, 4.69) is 35.5 Å². The normalized spacial score (nSPS) is 10.8. The number of amides is 1. The van der Waals surface area contributed by atoms with Crippen LogP contribution in [-0.2, 0) is 17.8 Å². The van der Waals surface area contributed by atoms with Gasteiger partial charge < -0.3 is 14.6 Å². The summed E-state index contributed by atoms with van der Waals surface area (Å²) in [6.07, 6.45) is 1.55. The number of rotatable bonds is 9. The SMILES string of the molecule is C=C(C)C(=O)NCCc1nc2ccccc2n1CCCOc1cccc(C)c1. The number of carbonyl (C=O) groups excluding carboxylic acids is 1. The highest BCUT2D eigenvalue weighted by Crippen LogP contribution is 2.18. The number of aryl methyl sites for hydroxylation is 2. The highest BCUT2D eigenvalue weighted by atomic mass is 16.5. The average Bonchev–Trinajstić information content (AvgIpc) is 3.02. The van der Waals surface area contributed by atoms with Gasteiger partial charge >= 0.3 is 0 Å². The zero-order valence-electron chi connectivity index (χ0n) is 16.6. The van der Waals surface area contributed by atoms with E-state index in [9.17, 15) is 4.79 Å². The van der Waals surface area contributed by atoms with Gasteiger partial charge in [-0.05, 0) is 50.1 Å². The summed E-state index contributed by atoms with van der Waals surface area (Å²) >= 11 is 0. The molecule has 0 aliphatic carbocycles. The summed E-state index contributed by atoms with van der Waals surface area (Å²) < 4.78 is 8.10. The van der Waals surface area contributed by atoms with Crippen molar-refractivity contribution in [1.82, 2.24) is 14.9 Å². The molecular weight excluding hydrogens is 350 g/mol. The molecule has 0 unspecified atom stereocenters. The lowest BCUT2D eigenvalue weighted by atomic mass is 10.2. The monoisotopic (exact) mass is 377 g/mol. The van der Waals surface area contributed by atoms with Crippen molar-refractivity contribution in [1.29, 1.82) is 0 Å². The van der Waals surface area contributed by atoms with Crippen molar-refractivity contribution < 1.29 is 9.53 Å². The maximum atomic E-state index is 11.7. The van der Waals surface area contributed by atoms with Crippen LogP contribution in [0.25, 0.3) is 11.0 Å². The molecule has 1 heterocycles. The van der Waals surface area contributed by atoms with Crippen LogP contribution in [0.3, 0.4) is 0 Å². The Morgan fingerprint density at radius 2 is 2.04 bits per heavy atom. The van der Waals surface area contributed by atoms with E-state index in [0.29, 0.717) is 25.1 Å². The number of aromatic nitrogens is 2. The number of hydrogen-bond donors (Lipinski definition) is 1. The number of fused-ring (bicyclic) bond motifs is 1. The van der Waals surface area contributed by atoms with E-state index in [0.717, 1.165) is 35.6 Å². The molecule has 0 saturated heterocycles. The van der Waals surface area contributed by atoms with Crippen LogP contribution in [0.15, 0.2) is 60.7 Å². The van der Waals surface area contributed by atoms with Crippen molar-refractivity contribution in [2.75, 3.05) is 13.2 Å². The Kier molecular flexibility index (Phi) is 6.48. The van der Waals surface area contributed by atoms with Gasteiger partial charge in [-0.2, -0.15) is 0 Å². The fourth-order valence-corrected chi connectivity index (χ4v) is 3.12. The molecule has 1 aromatic heterocycles. The number of carbonyl (C=O) groups is 1. The second-order valence-corrected chi connectivity index (χ2v) is 6.97. The fourth-order valence-electron chi connectivity index (χ4n) is 3.12. The fraction of sp³-hybridized carbons (Fsp3) is 0.304. The zero-order valence-corrected chi connectivity index (χ0v) is 16.6. The molecular formula is C23H27N3O2. The molecule has 28 heavy (non-hydrogen) atoms. The van der Waals surface area contributed by atoms with E-state index in [1.807, 2.05) is 36.4 Å². The number of hydrogen-bond acceptors (Lipinski definition) is 3. The standard InChI is InChI=1S/C23H27N3O2/c1-17(2)23(27)24-13-12-22-25-20-10-4-5-11-21(20)26(22)14-7-15-28-19-9-6-8-18(3)16-19/h4-6,8-11,16H,1,7,12-15H2,2-3H3,(H,24,27). The molecule has 0 bridgehead atoms. The first-order valence-corrected chi connectivity index (χ1v) is 9.62. The molecule has 2 aromatic carbocycles. The minimum absolute atomic E-state index is 0.116. The number of benzene rings is 2. The van der Waals surface area contributed by atoms with Crippen molar-refractivity contribution in [2.24, 2.45) is 0 Å². The van der Waals surface area contributed by atoms with E-state index in [4.69, 9.17) is 9.72 Å². The second-order valence-electron chi connectivity index (χ2n) is 6.97. The molecule has 0 saturated carbocycles. The summed E-state index contributed by atoms with van der Waals surface area (Å²) in [5.74, 6) is 1.76. The Balaban J connectivity index is 1.63. The average molecular weight is 377 g/mol. The van der Waals surface area contributed by atoms with E-state index >= 15 is 0 Å². The quantitative estimate of drug-likeness (QED) is 0.452. The van der Waals surface area contributed by atoms with Gasteiger partial charge in [-0.15, -0.1) is 0 Å². The molecule has 0 radical (unpaired) electrons. The van der Waals surface area contributed by atoms with Crippen molar-refractivity contribution in [3.8, 4) is 5.75 Å². The maximum absolute atomic E-state index is 11.7. The molecule has 0 aliphatic heterocycles. The van der Waals surface area contributed by atoms with Crippen LogP contribution in [0.1, 0.15) is 24.7 Å². The van der Waals surface area contributed by atoms with Crippen LogP contribution in [0.2, 0.25) is 0 Å². The second kappa shape index (κ2) is 9.22. The van der Waals surface area contributed by atoms with Crippen LogP contribution in [0, 0.1) is 6.92 Å². The molecule has 0 atom stereocenters. The van der Waals surface area contributed by atoms with Crippen LogP contribution in [-0.4, -0.2) is 28.6 Å². The minimum Gasteiger partial charge on any atom is -0.494 e. The highest BCUT2D eigenvalue weighted by Gasteiger charge is 2.11. The number of nitrogens with one attached hydrogen (secondary N) is 1. The van der Waals surface area contributed by atoms with Gasteiger partial charge in [0, 0.05) is 25.1 Å². The van der Waals surface area contributed by atoms with E-state index in [-0.39, 0.29) is 5.91 Å². The van der Waals surface area contributed by atoms with Crippen molar-refractivity contribution in [3.63, 3.8) is 0 Å². The van der Waals surface area contributed by atoms with E-state index in [1.54, 1.807) is 6.92 Å². The van der Waals surface area contributed by atoms with Crippen LogP contribution < -0.4 is 10.1 Å². The molecule has 1 N–H and O–H groups in total. The molecule has 0 aliphatic rings.